The van der Waals surface area contributed by atoms with Crippen molar-refractivity contribution in [1.29, 1.82) is 0 Å². The SMILES string of the molecule is O=[N+]([O-])c1cc(Cl)ccc1NN1CCCCC1. The second-order valence-electron chi connectivity index (χ2n) is 4.08. The van der Waals surface area contributed by atoms with E-state index < -0.39 is 4.92 Å². The summed E-state index contributed by atoms with van der Waals surface area (Å²) in [5.74, 6) is 0. The first-order valence-corrected chi connectivity index (χ1v) is 6.00. The summed E-state index contributed by atoms with van der Waals surface area (Å²) in [4.78, 5) is 10.5. The van der Waals surface area contributed by atoms with E-state index in [-0.39, 0.29) is 5.69 Å². The fourth-order valence-electron chi connectivity index (χ4n) is 1.93. The standard InChI is InChI=1S/C11H14ClN3O2/c12-9-4-5-10(11(8-9)15(16)17)13-14-6-2-1-3-7-14/h4-5,8,13H,1-3,6-7H2. The van der Waals surface area contributed by atoms with Gasteiger partial charge in [-0.05, 0) is 25.0 Å². The third kappa shape index (κ3) is 3.08. The predicted octanol–water partition coefficient (Wildman–Crippen LogP) is 3.06. The molecule has 0 bridgehead atoms. The van der Waals surface area contributed by atoms with E-state index in [9.17, 15) is 10.1 Å². The largest absolute Gasteiger partial charge is 0.313 e. The molecule has 6 heteroatoms. The Kier molecular flexibility index (Phi) is 3.81. The summed E-state index contributed by atoms with van der Waals surface area (Å²) in [6.07, 6.45) is 3.46. The molecule has 0 aliphatic carbocycles. The molecule has 1 aliphatic rings. The minimum atomic E-state index is -0.418. The van der Waals surface area contributed by atoms with Crippen LogP contribution in [0, 0.1) is 10.1 Å². The Morgan fingerprint density at radius 2 is 2.00 bits per heavy atom. The summed E-state index contributed by atoms with van der Waals surface area (Å²) in [7, 11) is 0. The Labute approximate surface area is 104 Å². The van der Waals surface area contributed by atoms with E-state index in [4.69, 9.17) is 11.6 Å². The number of nitrogens with zero attached hydrogens (tertiary/aromatic N) is 2. The van der Waals surface area contributed by atoms with Crippen LogP contribution in [0.1, 0.15) is 19.3 Å². The van der Waals surface area contributed by atoms with Gasteiger partial charge in [0.1, 0.15) is 5.69 Å². The van der Waals surface area contributed by atoms with Crippen molar-refractivity contribution in [2.75, 3.05) is 18.5 Å². The van der Waals surface area contributed by atoms with Crippen molar-refractivity contribution >= 4 is 23.0 Å². The fourth-order valence-corrected chi connectivity index (χ4v) is 2.09. The van der Waals surface area contributed by atoms with Gasteiger partial charge in [-0.25, -0.2) is 5.01 Å². The van der Waals surface area contributed by atoms with Gasteiger partial charge >= 0.3 is 0 Å². The molecule has 0 unspecified atom stereocenters. The topological polar surface area (TPSA) is 58.4 Å². The maximum absolute atomic E-state index is 10.9. The molecule has 0 aromatic heterocycles. The molecule has 1 N–H and O–H groups in total. The van der Waals surface area contributed by atoms with Crippen LogP contribution >= 0.6 is 11.6 Å². The third-order valence-electron chi connectivity index (χ3n) is 2.79. The number of halogens is 1. The molecule has 0 radical (unpaired) electrons. The van der Waals surface area contributed by atoms with Crippen LogP contribution in [0.3, 0.4) is 0 Å². The lowest BCUT2D eigenvalue weighted by molar-refractivity contribution is -0.384. The smallest absolute Gasteiger partial charge is 0.295 e. The monoisotopic (exact) mass is 255 g/mol. The molecule has 1 fully saturated rings. The summed E-state index contributed by atoms with van der Waals surface area (Å²) in [5, 5.41) is 13.3. The predicted molar refractivity (Wildman–Crippen MR) is 67.2 cm³/mol. The van der Waals surface area contributed by atoms with Crippen molar-refractivity contribution in [1.82, 2.24) is 5.01 Å². The number of benzene rings is 1. The maximum Gasteiger partial charge on any atom is 0.295 e. The lowest BCUT2D eigenvalue weighted by atomic mass is 10.2. The van der Waals surface area contributed by atoms with E-state index >= 15 is 0 Å². The molecular formula is C11H14ClN3O2. The highest BCUT2D eigenvalue weighted by Crippen LogP contribution is 2.28. The lowest BCUT2D eigenvalue weighted by Crippen LogP contribution is -2.35. The molecule has 1 aliphatic heterocycles. The summed E-state index contributed by atoms with van der Waals surface area (Å²) in [6, 6.07) is 4.67. The summed E-state index contributed by atoms with van der Waals surface area (Å²) < 4.78 is 0. The number of anilines is 1. The Balaban J connectivity index is 2.16. The Bertz CT molecular complexity index is 419. The minimum Gasteiger partial charge on any atom is -0.313 e. The molecule has 1 saturated heterocycles. The molecule has 1 aromatic rings. The first-order chi connectivity index (χ1) is 8.16. The summed E-state index contributed by atoms with van der Waals surface area (Å²) in [5.41, 5.74) is 3.61. The van der Waals surface area contributed by atoms with E-state index in [1.54, 1.807) is 12.1 Å². The second-order valence-corrected chi connectivity index (χ2v) is 4.51. The summed E-state index contributed by atoms with van der Waals surface area (Å²) in [6.45, 7) is 1.83. The highest BCUT2D eigenvalue weighted by atomic mass is 35.5. The number of nitrogens with one attached hydrogen (secondary N) is 1. The number of rotatable bonds is 3. The molecule has 0 atom stereocenters. The second kappa shape index (κ2) is 5.33. The van der Waals surface area contributed by atoms with Crippen LogP contribution in [0.5, 0.6) is 0 Å². The number of nitro groups is 1. The Hall–Kier alpha value is -1.33. The van der Waals surface area contributed by atoms with E-state index in [1.165, 1.54) is 12.5 Å². The van der Waals surface area contributed by atoms with Crippen LogP contribution in [0.25, 0.3) is 0 Å². The Morgan fingerprint density at radius 1 is 1.29 bits per heavy atom. The first-order valence-electron chi connectivity index (χ1n) is 5.62. The van der Waals surface area contributed by atoms with E-state index in [2.05, 4.69) is 5.43 Å². The zero-order valence-electron chi connectivity index (χ0n) is 9.36. The van der Waals surface area contributed by atoms with E-state index in [0.29, 0.717) is 10.7 Å². The lowest BCUT2D eigenvalue weighted by Gasteiger charge is -2.27. The molecule has 0 amide bonds. The molecule has 17 heavy (non-hydrogen) atoms. The fraction of sp³-hybridized carbons (Fsp3) is 0.455. The van der Waals surface area contributed by atoms with Crippen molar-refractivity contribution < 1.29 is 4.92 Å². The van der Waals surface area contributed by atoms with Crippen molar-refractivity contribution in [2.45, 2.75) is 19.3 Å². The first kappa shape index (κ1) is 12.1. The van der Waals surface area contributed by atoms with Gasteiger partial charge in [0, 0.05) is 24.2 Å². The van der Waals surface area contributed by atoms with E-state index in [1.807, 2.05) is 5.01 Å². The quantitative estimate of drug-likeness (QED) is 0.666. The van der Waals surface area contributed by atoms with Crippen molar-refractivity contribution in [3.63, 3.8) is 0 Å². The molecule has 2 rings (SSSR count). The summed E-state index contributed by atoms with van der Waals surface area (Å²) >= 11 is 5.76. The van der Waals surface area contributed by atoms with Crippen molar-refractivity contribution in [3.8, 4) is 0 Å². The molecule has 1 heterocycles. The van der Waals surface area contributed by atoms with Crippen LogP contribution in [0.15, 0.2) is 18.2 Å². The van der Waals surface area contributed by atoms with Crippen LogP contribution < -0.4 is 5.43 Å². The highest BCUT2D eigenvalue weighted by molar-refractivity contribution is 6.30. The van der Waals surface area contributed by atoms with Gasteiger partial charge < -0.3 is 5.43 Å². The maximum atomic E-state index is 10.9. The minimum absolute atomic E-state index is 0.0167. The third-order valence-corrected chi connectivity index (χ3v) is 3.03. The van der Waals surface area contributed by atoms with Crippen LogP contribution in [0.2, 0.25) is 5.02 Å². The average Bonchev–Trinajstić information content (AvgIpc) is 2.32. The number of piperidine rings is 1. The number of nitro benzene ring substituents is 1. The van der Waals surface area contributed by atoms with Crippen LogP contribution in [-0.4, -0.2) is 23.0 Å². The van der Waals surface area contributed by atoms with E-state index in [0.717, 1.165) is 25.9 Å². The molecule has 5 nitrogen and oxygen atoms in total. The number of hydrogen-bond acceptors (Lipinski definition) is 4. The van der Waals surface area contributed by atoms with Crippen LogP contribution in [-0.2, 0) is 0 Å². The van der Waals surface area contributed by atoms with Gasteiger partial charge in [0.2, 0.25) is 0 Å². The molecule has 92 valence electrons. The zero-order chi connectivity index (χ0) is 12.3. The normalized spacial score (nSPS) is 16.8. The highest BCUT2D eigenvalue weighted by Gasteiger charge is 2.17. The number of hydrogen-bond donors (Lipinski definition) is 1. The van der Waals surface area contributed by atoms with Gasteiger partial charge in [-0.15, -0.1) is 0 Å². The average molecular weight is 256 g/mol. The number of hydrazine groups is 1. The van der Waals surface area contributed by atoms with Crippen LogP contribution in [0.4, 0.5) is 11.4 Å². The zero-order valence-corrected chi connectivity index (χ0v) is 10.1. The molecule has 0 spiro atoms. The Morgan fingerprint density at radius 3 is 2.65 bits per heavy atom. The van der Waals surface area contributed by atoms with Gasteiger partial charge in [0.05, 0.1) is 4.92 Å². The van der Waals surface area contributed by atoms with Gasteiger partial charge in [-0.3, -0.25) is 10.1 Å². The van der Waals surface area contributed by atoms with Crippen molar-refractivity contribution in [3.05, 3.63) is 33.3 Å². The molecule has 0 saturated carbocycles. The van der Waals surface area contributed by atoms with Gasteiger partial charge in [-0.1, -0.05) is 18.0 Å². The molecular weight excluding hydrogens is 242 g/mol. The van der Waals surface area contributed by atoms with Crippen molar-refractivity contribution in [2.24, 2.45) is 0 Å². The van der Waals surface area contributed by atoms with Gasteiger partial charge in [0.15, 0.2) is 0 Å². The molecule has 1 aromatic carbocycles. The van der Waals surface area contributed by atoms with Gasteiger partial charge in [0.25, 0.3) is 5.69 Å². The van der Waals surface area contributed by atoms with Gasteiger partial charge in [-0.2, -0.15) is 0 Å².